The minimum Gasteiger partial charge on any atom is -0.462 e. The number of hydrogen-bond donors (Lipinski definition) is 3. The highest BCUT2D eigenvalue weighted by Crippen LogP contribution is 2.19. The average molecular weight is 886 g/mol. The van der Waals surface area contributed by atoms with Crippen LogP contribution < -0.4 is 5.32 Å². The van der Waals surface area contributed by atoms with Gasteiger partial charge in [0.1, 0.15) is 6.10 Å². The van der Waals surface area contributed by atoms with Gasteiger partial charge in [0, 0.05) is 6.42 Å². The number of esters is 1. The molecule has 3 unspecified atom stereocenters. The van der Waals surface area contributed by atoms with Crippen molar-refractivity contribution in [2.24, 2.45) is 0 Å². The van der Waals surface area contributed by atoms with Gasteiger partial charge in [-0.05, 0) is 44.9 Å². The van der Waals surface area contributed by atoms with E-state index in [0.717, 1.165) is 57.8 Å². The first-order chi connectivity index (χ1) is 31.0. The summed E-state index contributed by atoms with van der Waals surface area (Å²) in [5.74, 6) is -0.472. The van der Waals surface area contributed by atoms with E-state index in [1.807, 2.05) is 0 Å². The molecule has 0 rings (SSSR count). The van der Waals surface area contributed by atoms with E-state index in [4.69, 9.17) is 4.74 Å². The zero-order valence-electron chi connectivity index (χ0n) is 42.2. The van der Waals surface area contributed by atoms with Crippen molar-refractivity contribution in [2.75, 3.05) is 6.61 Å². The van der Waals surface area contributed by atoms with Crippen LogP contribution in [0.3, 0.4) is 0 Å². The first-order valence-corrected chi connectivity index (χ1v) is 27.7. The van der Waals surface area contributed by atoms with E-state index < -0.39 is 18.2 Å². The average Bonchev–Trinajstić information content (AvgIpc) is 3.28. The number of unbranched alkanes of at least 4 members (excludes halogenated alkanes) is 34. The lowest BCUT2D eigenvalue weighted by atomic mass is 10.0. The number of aliphatic hydroxyl groups is 2. The van der Waals surface area contributed by atoms with Gasteiger partial charge in [-0.2, -0.15) is 0 Å². The second-order valence-electron chi connectivity index (χ2n) is 19.0. The third kappa shape index (κ3) is 46.4. The van der Waals surface area contributed by atoms with Crippen LogP contribution in [0.15, 0.2) is 36.5 Å². The molecule has 1 amide bonds. The molecule has 0 aromatic carbocycles. The van der Waals surface area contributed by atoms with Crippen molar-refractivity contribution in [3.63, 3.8) is 0 Å². The van der Waals surface area contributed by atoms with Gasteiger partial charge in [0.25, 0.3) is 0 Å². The summed E-state index contributed by atoms with van der Waals surface area (Å²) in [5, 5.41) is 23.9. The van der Waals surface area contributed by atoms with Crippen molar-refractivity contribution < 1.29 is 24.5 Å². The van der Waals surface area contributed by atoms with Crippen molar-refractivity contribution in [1.82, 2.24) is 5.32 Å². The van der Waals surface area contributed by atoms with Crippen LogP contribution in [0.2, 0.25) is 0 Å². The topological polar surface area (TPSA) is 95.9 Å². The molecule has 3 atom stereocenters. The van der Waals surface area contributed by atoms with Gasteiger partial charge < -0.3 is 20.3 Å². The van der Waals surface area contributed by atoms with Crippen LogP contribution in [-0.4, -0.2) is 46.9 Å². The summed E-state index contributed by atoms with van der Waals surface area (Å²) >= 11 is 0. The van der Waals surface area contributed by atoms with Gasteiger partial charge in [0.2, 0.25) is 5.91 Å². The molecule has 0 aromatic heterocycles. The number of rotatable bonds is 50. The SMILES string of the molecule is CC/C=C/C=C/C=C/CCCCCCCCCC(=O)OC(CCCCCCCCCCCCCCCC)CC(=O)NC(CO)C(O)CCCCCCCCCCCCCCCCC. The zero-order valence-corrected chi connectivity index (χ0v) is 42.2. The van der Waals surface area contributed by atoms with Crippen molar-refractivity contribution >= 4 is 11.9 Å². The molecule has 6 nitrogen and oxygen atoms in total. The molecule has 0 heterocycles. The second kappa shape index (κ2) is 51.1. The summed E-state index contributed by atoms with van der Waals surface area (Å²) in [6.07, 6.45) is 60.6. The Labute approximate surface area is 392 Å². The molecule has 0 saturated heterocycles. The normalized spacial score (nSPS) is 13.4. The van der Waals surface area contributed by atoms with E-state index >= 15 is 0 Å². The van der Waals surface area contributed by atoms with Gasteiger partial charge in [-0.15, -0.1) is 0 Å². The Morgan fingerprint density at radius 1 is 0.476 bits per heavy atom. The molecule has 0 aliphatic heterocycles. The maximum Gasteiger partial charge on any atom is 0.306 e. The minimum absolute atomic E-state index is 0.0771. The predicted molar refractivity (Wildman–Crippen MR) is 273 cm³/mol. The summed E-state index contributed by atoms with van der Waals surface area (Å²) in [5.41, 5.74) is 0. The van der Waals surface area contributed by atoms with Crippen LogP contribution in [0.25, 0.3) is 0 Å². The Bertz CT molecular complexity index is 1040. The molecule has 0 radical (unpaired) electrons. The summed E-state index contributed by atoms with van der Waals surface area (Å²) in [6, 6.07) is -0.701. The molecule has 3 N–H and O–H groups in total. The van der Waals surface area contributed by atoms with Crippen LogP contribution in [0.5, 0.6) is 0 Å². The maximum absolute atomic E-state index is 13.2. The summed E-state index contributed by atoms with van der Waals surface area (Å²) < 4.78 is 5.95. The third-order valence-corrected chi connectivity index (χ3v) is 12.8. The Morgan fingerprint density at radius 3 is 1.29 bits per heavy atom. The maximum atomic E-state index is 13.2. The number of nitrogens with one attached hydrogen (secondary N) is 1. The summed E-state index contributed by atoms with van der Waals surface area (Å²) in [4.78, 5) is 26.2. The lowest BCUT2D eigenvalue weighted by Crippen LogP contribution is -2.46. The van der Waals surface area contributed by atoms with Crippen molar-refractivity contribution in [3.05, 3.63) is 36.5 Å². The Kier molecular flexibility index (Phi) is 49.5. The number of hydrogen-bond acceptors (Lipinski definition) is 5. The fourth-order valence-electron chi connectivity index (χ4n) is 8.61. The van der Waals surface area contributed by atoms with Crippen molar-refractivity contribution in [2.45, 2.75) is 309 Å². The highest BCUT2D eigenvalue weighted by Gasteiger charge is 2.24. The minimum atomic E-state index is -0.787. The predicted octanol–water partition coefficient (Wildman–Crippen LogP) is 16.8. The van der Waals surface area contributed by atoms with E-state index in [9.17, 15) is 19.8 Å². The number of carbonyl (C=O) groups excluding carboxylic acids is 2. The molecule has 0 fully saturated rings. The number of amides is 1. The number of aliphatic hydroxyl groups excluding tert-OH is 2. The quantitative estimate of drug-likeness (QED) is 0.0321. The van der Waals surface area contributed by atoms with Crippen LogP contribution in [-0.2, 0) is 14.3 Å². The molecule has 0 aromatic rings. The first-order valence-electron chi connectivity index (χ1n) is 27.7. The Morgan fingerprint density at radius 2 is 0.857 bits per heavy atom. The van der Waals surface area contributed by atoms with E-state index in [1.54, 1.807) is 0 Å². The molecule has 0 saturated carbocycles. The van der Waals surface area contributed by atoms with Gasteiger partial charge in [-0.25, -0.2) is 0 Å². The van der Waals surface area contributed by atoms with Crippen LogP contribution in [0.4, 0.5) is 0 Å². The van der Waals surface area contributed by atoms with Gasteiger partial charge >= 0.3 is 5.97 Å². The number of carbonyl (C=O) groups is 2. The van der Waals surface area contributed by atoms with Gasteiger partial charge in [-0.1, -0.05) is 269 Å². The highest BCUT2D eigenvalue weighted by atomic mass is 16.5. The second-order valence-corrected chi connectivity index (χ2v) is 19.0. The number of allylic oxidation sites excluding steroid dienone is 6. The van der Waals surface area contributed by atoms with Crippen LogP contribution in [0, 0.1) is 0 Å². The largest absolute Gasteiger partial charge is 0.462 e. The summed E-state index contributed by atoms with van der Waals surface area (Å²) in [6.45, 7) is 6.38. The monoisotopic (exact) mass is 886 g/mol. The third-order valence-electron chi connectivity index (χ3n) is 12.8. The van der Waals surface area contributed by atoms with Crippen LogP contribution in [0.1, 0.15) is 290 Å². The summed E-state index contributed by atoms with van der Waals surface area (Å²) in [7, 11) is 0. The molecule has 6 heteroatoms. The molecule has 370 valence electrons. The van der Waals surface area contributed by atoms with Gasteiger partial charge in [0.05, 0.1) is 25.2 Å². The standard InChI is InChI=1S/C57H107NO5/c1-4-7-10-13-16-19-22-25-28-31-34-37-40-43-46-49-55(60)54(52-59)58-56(61)51-53(48-45-42-39-36-33-30-27-24-21-18-15-12-9-6-3)63-57(62)50-47-44-41-38-35-32-29-26-23-20-17-14-11-8-5-2/h8,11,14,17,20,23,53-55,59-60H,4-7,9-10,12-13,15-16,18-19,21-22,24-52H2,1-3H3,(H,58,61)/b11-8+,17-14+,23-20+. The zero-order chi connectivity index (χ0) is 45.9. The fraction of sp³-hybridized carbons (Fsp3) is 0.860. The molecular weight excluding hydrogens is 779 g/mol. The van der Waals surface area contributed by atoms with Gasteiger partial charge in [-0.3, -0.25) is 9.59 Å². The Hall–Kier alpha value is -1.92. The lowest BCUT2D eigenvalue weighted by Gasteiger charge is -2.24. The van der Waals surface area contributed by atoms with E-state index in [2.05, 4.69) is 62.5 Å². The Balaban J connectivity index is 4.53. The van der Waals surface area contributed by atoms with E-state index in [-0.39, 0.29) is 24.9 Å². The van der Waals surface area contributed by atoms with Crippen molar-refractivity contribution in [3.8, 4) is 0 Å². The van der Waals surface area contributed by atoms with Crippen molar-refractivity contribution in [1.29, 1.82) is 0 Å². The fourth-order valence-corrected chi connectivity index (χ4v) is 8.61. The molecule has 0 spiro atoms. The van der Waals surface area contributed by atoms with E-state index in [1.165, 1.54) is 186 Å². The first kappa shape index (κ1) is 61.1. The molecule has 0 aliphatic carbocycles. The van der Waals surface area contributed by atoms with Crippen LogP contribution >= 0.6 is 0 Å². The highest BCUT2D eigenvalue weighted by molar-refractivity contribution is 5.77. The lowest BCUT2D eigenvalue weighted by molar-refractivity contribution is -0.151. The molecular formula is C57H107NO5. The van der Waals surface area contributed by atoms with E-state index in [0.29, 0.717) is 19.3 Å². The molecule has 0 bridgehead atoms. The molecule has 63 heavy (non-hydrogen) atoms. The number of ether oxygens (including phenoxy) is 1. The van der Waals surface area contributed by atoms with Gasteiger partial charge in [0.15, 0.2) is 0 Å². The molecule has 0 aliphatic rings. The smallest absolute Gasteiger partial charge is 0.306 e.